The zero-order valence-electron chi connectivity index (χ0n) is 38.2. The van der Waals surface area contributed by atoms with Gasteiger partial charge in [-0.05, 0) is 25.7 Å². The van der Waals surface area contributed by atoms with Crippen LogP contribution in [0.15, 0.2) is 24.3 Å². The highest BCUT2D eigenvalue weighted by molar-refractivity contribution is 5.65. The summed E-state index contributed by atoms with van der Waals surface area (Å²) in [5.41, 5.74) is 4.55. The molecule has 0 aliphatic carbocycles. The molecular formula is C50H88N2O5. The highest BCUT2D eigenvalue weighted by atomic mass is 16.5. The van der Waals surface area contributed by atoms with Crippen LogP contribution in [0.5, 0.6) is 23.0 Å². The maximum atomic E-state index is 7.00. The molecule has 2 aromatic carbocycles. The second-order valence-electron chi connectivity index (χ2n) is 16.2. The van der Waals surface area contributed by atoms with Gasteiger partial charge in [0.15, 0.2) is 0 Å². The van der Waals surface area contributed by atoms with E-state index < -0.39 is 0 Å². The number of aliphatic hydroxyl groups is 1. The lowest BCUT2D eigenvalue weighted by Gasteiger charge is -2.28. The molecule has 0 unspecified atom stereocenters. The van der Waals surface area contributed by atoms with Crippen LogP contribution >= 0.6 is 0 Å². The molecule has 0 amide bonds. The van der Waals surface area contributed by atoms with E-state index in [1.807, 2.05) is 0 Å². The van der Waals surface area contributed by atoms with Crippen LogP contribution in [0.1, 0.15) is 193 Å². The summed E-state index contributed by atoms with van der Waals surface area (Å²) in [4.78, 5) is 5.19. The molecule has 3 rings (SSSR count). The fourth-order valence-corrected chi connectivity index (χ4v) is 8.10. The molecule has 2 aromatic rings. The van der Waals surface area contributed by atoms with Crippen molar-refractivity contribution < 1.29 is 24.1 Å². The first-order chi connectivity index (χ1) is 28.1. The molecule has 0 atom stereocenters. The van der Waals surface area contributed by atoms with E-state index in [1.165, 1.54) is 165 Å². The fraction of sp³-hybridized carbons (Fsp3) is 0.760. The van der Waals surface area contributed by atoms with Crippen LogP contribution in [0.4, 0.5) is 11.4 Å². The van der Waals surface area contributed by atoms with Crippen molar-refractivity contribution in [2.75, 3.05) is 70.5 Å². The maximum absolute atomic E-state index is 7.00. The van der Waals surface area contributed by atoms with Crippen LogP contribution in [-0.2, 0) is 6.42 Å². The molecule has 0 saturated heterocycles. The number of nitrogens with zero attached hydrogens (tertiary/aromatic N) is 2. The Balaban J connectivity index is 0.00000551. The van der Waals surface area contributed by atoms with Gasteiger partial charge in [0, 0.05) is 86.5 Å². The van der Waals surface area contributed by atoms with E-state index >= 15 is 0 Å². The topological polar surface area (TPSA) is 63.6 Å². The van der Waals surface area contributed by atoms with Crippen LogP contribution < -0.4 is 28.7 Å². The third-order valence-corrected chi connectivity index (χ3v) is 11.6. The van der Waals surface area contributed by atoms with Crippen molar-refractivity contribution in [3.63, 3.8) is 0 Å². The Morgan fingerprint density at radius 2 is 0.719 bits per heavy atom. The monoisotopic (exact) mass is 797 g/mol. The zero-order chi connectivity index (χ0) is 41.4. The molecule has 0 aromatic heterocycles. The summed E-state index contributed by atoms with van der Waals surface area (Å²) >= 11 is 0. The van der Waals surface area contributed by atoms with Gasteiger partial charge in [0.25, 0.3) is 0 Å². The van der Waals surface area contributed by atoms with Crippen molar-refractivity contribution in [1.82, 2.24) is 0 Å². The molecule has 1 heterocycles. The van der Waals surface area contributed by atoms with Gasteiger partial charge in [0.1, 0.15) is 36.2 Å². The van der Waals surface area contributed by atoms with Crippen molar-refractivity contribution in [3.8, 4) is 23.0 Å². The first kappa shape index (κ1) is 50.3. The van der Waals surface area contributed by atoms with Crippen molar-refractivity contribution in [1.29, 1.82) is 0 Å². The van der Waals surface area contributed by atoms with Gasteiger partial charge < -0.3 is 33.9 Å². The third-order valence-electron chi connectivity index (χ3n) is 11.6. The van der Waals surface area contributed by atoms with Gasteiger partial charge in [-0.25, -0.2) is 0 Å². The first-order valence-corrected chi connectivity index (χ1v) is 23.7. The quantitative estimate of drug-likeness (QED) is 0.0740. The van der Waals surface area contributed by atoms with Gasteiger partial charge in [-0.15, -0.1) is 0 Å². The van der Waals surface area contributed by atoms with Gasteiger partial charge in [-0.1, -0.05) is 156 Å². The number of ether oxygens (including phenoxy) is 4. The van der Waals surface area contributed by atoms with E-state index in [-0.39, 0.29) is 0 Å². The molecular weight excluding hydrogens is 709 g/mol. The number of aliphatic hydroxyl groups excluding tert-OH is 1. The molecule has 1 aliphatic heterocycles. The van der Waals surface area contributed by atoms with E-state index in [2.05, 4.69) is 61.8 Å². The number of rotatable bonds is 32. The lowest BCUT2D eigenvalue weighted by Crippen LogP contribution is -2.26. The van der Waals surface area contributed by atoms with Crippen molar-refractivity contribution >= 4 is 11.4 Å². The van der Waals surface area contributed by atoms with Crippen molar-refractivity contribution in [2.45, 2.75) is 188 Å². The normalized spacial score (nSPS) is 12.1. The Morgan fingerprint density at radius 1 is 0.439 bits per heavy atom. The summed E-state index contributed by atoms with van der Waals surface area (Å²) in [6.07, 6.45) is 31.9. The minimum Gasteiger partial charge on any atom is -0.496 e. The average Bonchev–Trinajstić information content (AvgIpc) is 3.33. The minimum atomic E-state index is 0.486. The summed E-state index contributed by atoms with van der Waals surface area (Å²) in [7, 11) is 4.61. The van der Waals surface area contributed by atoms with Crippen molar-refractivity contribution in [3.05, 3.63) is 35.4 Å². The Labute approximate surface area is 351 Å². The molecule has 1 N–H and O–H groups in total. The Morgan fingerprint density at radius 3 is 1.00 bits per heavy atom. The summed E-state index contributed by atoms with van der Waals surface area (Å²) in [5.74, 6) is 3.58. The van der Waals surface area contributed by atoms with Gasteiger partial charge in [-0.3, -0.25) is 0 Å². The van der Waals surface area contributed by atoms with Gasteiger partial charge in [0.2, 0.25) is 0 Å². The van der Waals surface area contributed by atoms with Gasteiger partial charge in [-0.2, -0.15) is 0 Å². The summed E-state index contributed by atoms with van der Waals surface area (Å²) in [6, 6.07) is 9.08. The van der Waals surface area contributed by atoms with Gasteiger partial charge in [0.05, 0.1) is 14.2 Å². The second-order valence-corrected chi connectivity index (χ2v) is 16.2. The number of hydrogen-bond donors (Lipinski definition) is 1. The minimum absolute atomic E-state index is 0.486. The average molecular weight is 797 g/mol. The maximum Gasteiger partial charge on any atom is 0.128 e. The molecule has 0 radical (unpaired) electrons. The number of benzene rings is 2. The second kappa shape index (κ2) is 33.1. The molecule has 7 heteroatoms. The van der Waals surface area contributed by atoms with E-state index in [0.29, 0.717) is 19.6 Å². The van der Waals surface area contributed by atoms with E-state index in [0.717, 1.165) is 67.4 Å². The van der Waals surface area contributed by atoms with Crippen LogP contribution in [0.3, 0.4) is 0 Å². The molecule has 0 spiro atoms. The molecule has 1 aliphatic rings. The molecule has 0 bridgehead atoms. The Kier molecular flexibility index (Phi) is 29.2. The fourth-order valence-electron chi connectivity index (χ4n) is 8.10. The largest absolute Gasteiger partial charge is 0.496 e. The molecule has 328 valence electrons. The number of anilines is 2. The SMILES string of the molecule is CCCCCCCCN(CCCCCCCC)c1cc(OC)c2c(c1)OCCOc1cc(N(CCCCCCCC)CCCCCCCC)cc(OC)c1C2.CO. The summed E-state index contributed by atoms with van der Waals surface area (Å²) in [5, 5.41) is 7.00. The standard InChI is InChI=1S/C49H84N2O4.CH4O/c1-7-11-15-19-23-27-31-50(32-28-24-20-16-12-8-2)42-37-46(52-5)44-41-45-47(53-6)38-43(40-49(45)55-36-35-54-48(44)39-42)51(33-29-25-21-17-13-9-3)34-30-26-22-18-14-10-4;1-2/h37-40H,7-36,41H2,1-6H3;2H,1H3. The van der Waals surface area contributed by atoms with E-state index in [4.69, 9.17) is 24.1 Å². The smallest absolute Gasteiger partial charge is 0.128 e. The molecule has 0 saturated carbocycles. The van der Waals surface area contributed by atoms with Crippen LogP contribution in [0.25, 0.3) is 0 Å². The molecule has 57 heavy (non-hydrogen) atoms. The van der Waals surface area contributed by atoms with Crippen LogP contribution in [-0.4, -0.2) is 65.8 Å². The Hall–Kier alpha value is -2.80. The molecule has 0 fully saturated rings. The lowest BCUT2D eigenvalue weighted by molar-refractivity contribution is 0.217. The first-order valence-electron chi connectivity index (χ1n) is 23.7. The van der Waals surface area contributed by atoms with Crippen molar-refractivity contribution in [2.24, 2.45) is 0 Å². The summed E-state index contributed by atoms with van der Waals surface area (Å²) < 4.78 is 25.5. The number of fused-ring (bicyclic) bond motifs is 2. The molecule has 7 nitrogen and oxygen atoms in total. The van der Waals surface area contributed by atoms with Gasteiger partial charge >= 0.3 is 0 Å². The predicted molar refractivity (Wildman–Crippen MR) is 246 cm³/mol. The number of hydrogen-bond acceptors (Lipinski definition) is 7. The van der Waals surface area contributed by atoms with E-state index in [9.17, 15) is 0 Å². The lowest BCUT2D eigenvalue weighted by atomic mass is 9.99. The number of methoxy groups -OCH3 is 2. The zero-order valence-corrected chi connectivity index (χ0v) is 38.2. The summed E-state index contributed by atoms with van der Waals surface area (Å²) in [6.45, 7) is 14.4. The number of unbranched alkanes of at least 4 members (excludes halogenated alkanes) is 20. The van der Waals surface area contributed by atoms with E-state index in [1.54, 1.807) is 14.2 Å². The highest BCUT2D eigenvalue weighted by Gasteiger charge is 2.24. The van der Waals surface area contributed by atoms with Crippen LogP contribution in [0, 0.1) is 0 Å². The van der Waals surface area contributed by atoms with Crippen LogP contribution in [0.2, 0.25) is 0 Å². The third kappa shape index (κ3) is 19.7. The predicted octanol–water partition coefficient (Wildman–Crippen LogP) is 13.7. The Bertz CT molecular complexity index is 1140. The highest BCUT2D eigenvalue weighted by Crippen LogP contribution is 2.43.